The number of ether oxygens (including phenoxy) is 1. The number of aliphatic hydroxyl groups excluding tert-OH is 1. The van der Waals surface area contributed by atoms with E-state index in [-0.39, 0.29) is 12.6 Å². The summed E-state index contributed by atoms with van der Waals surface area (Å²) < 4.78 is 4.40. The molecule has 0 aromatic heterocycles. The molecule has 0 bridgehead atoms. The van der Waals surface area contributed by atoms with E-state index in [0.29, 0.717) is 0 Å². The minimum atomic E-state index is -0.396. The molecule has 1 unspecified atom stereocenters. The van der Waals surface area contributed by atoms with E-state index in [9.17, 15) is 4.79 Å². The first-order valence-electron chi connectivity index (χ1n) is 3.70. The zero-order valence-electron chi connectivity index (χ0n) is 7.65. The summed E-state index contributed by atoms with van der Waals surface area (Å²) in [6, 6.07) is 0.00547. The molecule has 70 valence electrons. The van der Waals surface area contributed by atoms with Crippen molar-refractivity contribution in [2.45, 2.75) is 13.0 Å². The van der Waals surface area contributed by atoms with E-state index in [1.165, 1.54) is 13.2 Å². The second-order valence-corrected chi connectivity index (χ2v) is 2.54. The van der Waals surface area contributed by atoms with E-state index in [0.717, 1.165) is 0 Å². The van der Waals surface area contributed by atoms with Gasteiger partial charge in [0.1, 0.15) is 0 Å². The molecule has 0 radical (unpaired) electrons. The maximum Gasteiger partial charge on any atom is 0.331 e. The van der Waals surface area contributed by atoms with Gasteiger partial charge >= 0.3 is 5.97 Å². The molecular weight excluding hydrogens is 158 g/mol. The summed E-state index contributed by atoms with van der Waals surface area (Å²) in [5.74, 6) is -0.396. The number of esters is 1. The summed E-state index contributed by atoms with van der Waals surface area (Å²) >= 11 is 0. The van der Waals surface area contributed by atoms with Crippen LogP contribution in [-0.4, -0.2) is 42.8 Å². The molecule has 0 aliphatic rings. The van der Waals surface area contributed by atoms with Crippen molar-refractivity contribution in [2.24, 2.45) is 0 Å². The molecule has 0 amide bonds. The highest BCUT2D eigenvalue weighted by Gasteiger charge is 2.02. The van der Waals surface area contributed by atoms with Gasteiger partial charge < -0.3 is 14.7 Å². The third-order valence-electron chi connectivity index (χ3n) is 1.61. The lowest BCUT2D eigenvalue weighted by molar-refractivity contribution is -0.134. The molecule has 0 aromatic rings. The van der Waals surface area contributed by atoms with Gasteiger partial charge in [0.2, 0.25) is 0 Å². The highest BCUT2D eigenvalue weighted by Crippen LogP contribution is 1.94. The lowest BCUT2D eigenvalue weighted by atomic mass is 10.3. The van der Waals surface area contributed by atoms with Crippen molar-refractivity contribution in [2.75, 3.05) is 20.8 Å². The van der Waals surface area contributed by atoms with Gasteiger partial charge in [-0.15, -0.1) is 0 Å². The van der Waals surface area contributed by atoms with Gasteiger partial charge in [-0.2, -0.15) is 0 Å². The first-order chi connectivity index (χ1) is 5.61. The number of hydrogen-bond donors (Lipinski definition) is 1. The summed E-state index contributed by atoms with van der Waals surface area (Å²) in [5.41, 5.74) is 0. The van der Waals surface area contributed by atoms with Crippen molar-refractivity contribution in [3.8, 4) is 0 Å². The number of likely N-dealkylation sites (N-methyl/N-ethyl adjacent to an activating group) is 1. The summed E-state index contributed by atoms with van der Waals surface area (Å²) in [6.07, 6.45) is 2.89. The Labute approximate surface area is 72.4 Å². The Balaban J connectivity index is 3.90. The fourth-order valence-electron chi connectivity index (χ4n) is 0.522. The third kappa shape index (κ3) is 3.98. The van der Waals surface area contributed by atoms with Gasteiger partial charge in [0.05, 0.1) is 13.7 Å². The maximum absolute atomic E-state index is 10.6. The zero-order chi connectivity index (χ0) is 9.56. The van der Waals surface area contributed by atoms with Crippen LogP contribution >= 0.6 is 0 Å². The van der Waals surface area contributed by atoms with Gasteiger partial charge in [-0.1, -0.05) is 0 Å². The molecule has 4 heteroatoms. The number of carbonyl (C=O) groups excluding carboxylic acids is 1. The van der Waals surface area contributed by atoms with E-state index in [2.05, 4.69) is 4.74 Å². The lowest BCUT2D eigenvalue weighted by Crippen LogP contribution is -2.27. The van der Waals surface area contributed by atoms with Crippen LogP contribution in [0.1, 0.15) is 6.92 Å². The molecule has 0 spiro atoms. The minimum Gasteiger partial charge on any atom is -0.466 e. The number of hydrogen-bond acceptors (Lipinski definition) is 4. The predicted molar refractivity (Wildman–Crippen MR) is 45.5 cm³/mol. The van der Waals surface area contributed by atoms with Crippen molar-refractivity contribution in [3.63, 3.8) is 0 Å². The lowest BCUT2D eigenvalue weighted by Gasteiger charge is -2.20. The second-order valence-electron chi connectivity index (χ2n) is 2.54. The summed E-state index contributed by atoms with van der Waals surface area (Å²) in [4.78, 5) is 12.4. The Kier molecular flexibility index (Phi) is 5.12. The number of nitrogens with zero attached hydrogens (tertiary/aromatic N) is 1. The summed E-state index contributed by atoms with van der Waals surface area (Å²) in [7, 11) is 3.10. The molecular formula is C8H15NO3. The van der Waals surface area contributed by atoms with Crippen LogP contribution < -0.4 is 0 Å². The largest absolute Gasteiger partial charge is 0.466 e. The van der Waals surface area contributed by atoms with Crippen LogP contribution in [0, 0.1) is 0 Å². The first-order valence-corrected chi connectivity index (χ1v) is 3.70. The van der Waals surface area contributed by atoms with Gasteiger partial charge in [-0.3, -0.25) is 0 Å². The molecule has 0 aliphatic carbocycles. The Morgan fingerprint density at radius 3 is 2.75 bits per heavy atom. The molecule has 0 saturated heterocycles. The van der Waals surface area contributed by atoms with Gasteiger partial charge in [0, 0.05) is 25.4 Å². The third-order valence-corrected chi connectivity index (χ3v) is 1.61. The fourth-order valence-corrected chi connectivity index (χ4v) is 0.522. The van der Waals surface area contributed by atoms with Crippen molar-refractivity contribution < 1.29 is 14.6 Å². The molecule has 4 nitrogen and oxygen atoms in total. The average Bonchev–Trinajstić information content (AvgIpc) is 2.11. The van der Waals surface area contributed by atoms with Crippen LogP contribution in [0.5, 0.6) is 0 Å². The van der Waals surface area contributed by atoms with E-state index >= 15 is 0 Å². The molecule has 0 rings (SSSR count). The van der Waals surface area contributed by atoms with Gasteiger partial charge in [-0.25, -0.2) is 4.79 Å². The van der Waals surface area contributed by atoms with Crippen LogP contribution in [0.4, 0.5) is 0 Å². The Morgan fingerprint density at radius 1 is 1.75 bits per heavy atom. The zero-order valence-corrected chi connectivity index (χ0v) is 7.65. The van der Waals surface area contributed by atoms with Gasteiger partial charge in [0.25, 0.3) is 0 Å². The van der Waals surface area contributed by atoms with Gasteiger partial charge in [0.15, 0.2) is 0 Å². The smallest absolute Gasteiger partial charge is 0.331 e. The molecule has 0 fully saturated rings. The second kappa shape index (κ2) is 5.60. The summed E-state index contributed by atoms with van der Waals surface area (Å²) in [5, 5.41) is 8.74. The molecule has 1 N–H and O–H groups in total. The minimum absolute atomic E-state index is 0.00547. The van der Waals surface area contributed by atoms with Crippen LogP contribution in [0.2, 0.25) is 0 Å². The molecule has 0 aromatic carbocycles. The van der Waals surface area contributed by atoms with Gasteiger partial charge in [-0.05, 0) is 6.92 Å². The topological polar surface area (TPSA) is 49.8 Å². The molecule has 12 heavy (non-hydrogen) atoms. The highest BCUT2D eigenvalue weighted by atomic mass is 16.5. The molecule has 1 atom stereocenters. The Morgan fingerprint density at radius 2 is 2.33 bits per heavy atom. The van der Waals surface area contributed by atoms with E-state index in [1.54, 1.807) is 18.1 Å². The van der Waals surface area contributed by atoms with Crippen molar-refractivity contribution in [3.05, 3.63) is 12.3 Å². The standard InChI is InChI=1S/C8H15NO3/c1-7(6-10)9(2)5-4-8(11)12-3/h4-5,7,10H,6H2,1-3H3/b5-4+. The Bertz CT molecular complexity index is 168. The highest BCUT2D eigenvalue weighted by molar-refractivity contribution is 5.81. The van der Waals surface area contributed by atoms with Crippen LogP contribution in [0.15, 0.2) is 12.3 Å². The van der Waals surface area contributed by atoms with Crippen molar-refractivity contribution in [1.82, 2.24) is 4.90 Å². The molecule has 0 saturated carbocycles. The average molecular weight is 173 g/mol. The van der Waals surface area contributed by atoms with Crippen molar-refractivity contribution >= 4 is 5.97 Å². The number of rotatable bonds is 4. The van der Waals surface area contributed by atoms with Crippen molar-refractivity contribution in [1.29, 1.82) is 0 Å². The normalized spacial score (nSPS) is 13.0. The molecule has 0 aliphatic heterocycles. The number of carbonyl (C=O) groups is 1. The molecule has 0 heterocycles. The van der Waals surface area contributed by atoms with E-state index in [4.69, 9.17) is 5.11 Å². The fraction of sp³-hybridized carbons (Fsp3) is 0.625. The Hall–Kier alpha value is -1.03. The summed E-state index contributed by atoms with van der Waals surface area (Å²) in [6.45, 7) is 1.91. The van der Waals surface area contributed by atoms with E-state index < -0.39 is 5.97 Å². The number of methoxy groups -OCH3 is 1. The first kappa shape index (κ1) is 11.0. The van der Waals surface area contributed by atoms with Crippen LogP contribution in [-0.2, 0) is 9.53 Å². The predicted octanol–water partition coefficient (Wildman–Crippen LogP) is -0.0143. The maximum atomic E-state index is 10.6. The van der Waals surface area contributed by atoms with E-state index in [1.807, 2.05) is 6.92 Å². The number of aliphatic hydroxyl groups is 1. The van der Waals surface area contributed by atoms with Crippen LogP contribution in [0.25, 0.3) is 0 Å². The quantitative estimate of drug-likeness (QED) is 0.479. The van der Waals surface area contributed by atoms with Crippen LogP contribution in [0.3, 0.4) is 0 Å². The monoisotopic (exact) mass is 173 g/mol. The SMILES string of the molecule is COC(=O)/C=C/N(C)C(C)CO.